The van der Waals surface area contributed by atoms with Crippen LogP contribution >= 0.6 is 11.6 Å². The van der Waals surface area contributed by atoms with Crippen LogP contribution in [0.3, 0.4) is 0 Å². The lowest BCUT2D eigenvalue weighted by Crippen LogP contribution is -2.53. The van der Waals surface area contributed by atoms with E-state index in [0.717, 1.165) is 0 Å². The van der Waals surface area contributed by atoms with Crippen LogP contribution in [0, 0.1) is 5.92 Å². The van der Waals surface area contributed by atoms with Gasteiger partial charge >= 0.3 is 11.9 Å². The Labute approximate surface area is 250 Å². The van der Waals surface area contributed by atoms with Crippen molar-refractivity contribution in [1.82, 2.24) is 0 Å². The molecule has 1 aliphatic heterocycles. The van der Waals surface area contributed by atoms with Crippen LogP contribution in [0.4, 0.5) is 0 Å². The number of allylic oxidation sites excluding steroid dienone is 1. The van der Waals surface area contributed by atoms with Gasteiger partial charge in [-0.05, 0) is 18.2 Å². The first-order valence-electron chi connectivity index (χ1n) is 13.1. The molecule has 0 amide bonds. The van der Waals surface area contributed by atoms with Crippen LogP contribution in [-0.2, 0) is 14.3 Å². The van der Waals surface area contributed by atoms with E-state index in [-0.39, 0.29) is 62.5 Å². The van der Waals surface area contributed by atoms with Gasteiger partial charge in [0.1, 0.15) is 33.6 Å². The maximum Gasteiger partial charge on any atom is 0.336 e. The summed E-state index contributed by atoms with van der Waals surface area (Å²) in [4.78, 5) is 52.1. The molecular weight excluding hydrogens is 584 g/mol. The Morgan fingerprint density at radius 1 is 1.09 bits per heavy atom. The number of aromatic carboxylic acids is 1. The Morgan fingerprint density at radius 3 is 2.44 bits per heavy atom. The number of carbonyl (C=O) groups excluding carboxylic acids is 3. The number of furan rings is 1. The van der Waals surface area contributed by atoms with Gasteiger partial charge in [-0.25, -0.2) is 4.79 Å². The lowest BCUT2D eigenvalue weighted by atomic mass is 9.69. The molecule has 0 fully saturated rings. The van der Waals surface area contributed by atoms with Crippen molar-refractivity contribution in [2.24, 2.45) is 5.92 Å². The van der Waals surface area contributed by atoms with Crippen molar-refractivity contribution in [2.45, 2.75) is 31.3 Å². The van der Waals surface area contributed by atoms with Crippen LogP contribution in [0.1, 0.15) is 52.2 Å². The highest BCUT2D eigenvalue weighted by Gasteiger charge is 2.61. The number of hydrogen-bond donors (Lipinski definition) is 2. The van der Waals surface area contributed by atoms with Gasteiger partial charge in [0.05, 0.1) is 39.2 Å². The zero-order valence-corrected chi connectivity index (χ0v) is 24.3. The van der Waals surface area contributed by atoms with Gasteiger partial charge in [0.2, 0.25) is 11.4 Å². The lowest BCUT2D eigenvalue weighted by Gasteiger charge is -2.38. The number of Topliss-reactive ketones (excluding diaryl/α,β-unsaturated/α-hetero) is 2. The second-order valence-electron chi connectivity index (χ2n) is 10.1. The van der Waals surface area contributed by atoms with Gasteiger partial charge in [-0.15, -0.1) is 0 Å². The Kier molecular flexibility index (Phi) is 7.70. The minimum absolute atomic E-state index is 0.0270. The highest BCUT2D eigenvalue weighted by molar-refractivity contribution is 6.35. The van der Waals surface area contributed by atoms with Crippen molar-refractivity contribution in [1.29, 1.82) is 0 Å². The molecule has 2 aromatic carbocycles. The molecule has 1 aliphatic carbocycles. The third-order valence-electron chi connectivity index (χ3n) is 7.85. The summed E-state index contributed by atoms with van der Waals surface area (Å²) >= 11 is 6.51. The van der Waals surface area contributed by atoms with Gasteiger partial charge in [0.15, 0.2) is 17.3 Å². The summed E-state index contributed by atoms with van der Waals surface area (Å²) in [7, 11) is 3.89. The second-order valence-corrected chi connectivity index (χ2v) is 10.5. The molecular formula is C31H27ClO11. The average Bonchev–Trinajstić information content (AvgIpc) is 3.60. The third kappa shape index (κ3) is 4.60. The maximum atomic E-state index is 14.1. The fourth-order valence-electron chi connectivity index (χ4n) is 5.70. The van der Waals surface area contributed by atoms with Gasteiger partial charge in [0.25, 0.3) is 0 Å². The van der Waals surface area contributed by atoms with E-state index in [1.165, 1.54) is 45.6 Å². The normalized spacial score (nSPS) is 20.1. The minimum Gasteiger partial charge on any atom is -0.507 e. The molecule has 2 N–H and O–H groups in total. The van der Waals surface area contributed by atoms with E-state index >= 15 is 0 Å². The summed E-state index contributed by atoms with van der Waals surface area (Å²) in [5.74, 6) is -5.54. The van der Waals surface area contributed by atoms with Crippen LogP contribution in [0.15, 0.2) is 58.2 Å². The van der Waals surface area contributed by atoms with Crippen LogP contribution in [0.2, 0.25) is 5.02 Å². The van der Waals surface area contributed by atoms with E-state index in [2.05, 4.69) is 0 Å². The van der Waals surface area contributed by atoms with Crippen molar-refractivity contribution in [3.8, 4) is 28.6 Å². The number of aliphatic hydroxyl groups is 1. The van der Waals surface area contributed by atoms with Crippen molar-refractivity contribution in [3.63, 3.8) is 0 Å². The average molecular weight is 611 g/mol. The van der Waals surface area contributed by atoms with Crippen molar-refractivity contribution >= 4 is 35.1 Å². The number of halogens is 1. The molecule has 12 heteroatoms. The minimum atomic E-state index is -2.07. The molecule has 1 spiro atoms. The number of hydrogen-bond acceptors (Lipinski definition) is 10. The monoisotopic (exact) mass is 610 g/mol. The Balaban J connectivity index is 1.69. The highest BCUT2D eigenvalue weighted by Crippen LogP contribution is 2.56. The largest absolute Gasteiger partial charge is 0.507 e. The molecule has 0 bridgehead atoms. The first-order chi connectivity index (χ1) is 20.5. The number of methoxy groups -OCH3 is 3. The number of carbonyl (C=O) groups is 4. The fraction of sp³-hybridized carbons (Fsp3) is 0.290. The van der Waals surface area contributed by atoms with E-state index in [9.17, 15) is 29.4 Å². The van der Waals surface area contributed by atoms with E-state index in [4.69, 9.17) is 35.0 Å². The molecule has 2 aliphatic rings. The smallest absolute Gasteiger partial charge is 0.336 e. The third-order valence-corrected chi connectivity index (χ3v) is 8.21. The molecule has 11 nitrogen and oxygen atoms in total. The van der Waals surface area contributed by atoms with Gasteiger partial charge in [0, 0.05) is 29.5 Å². The molecule has 2 heterocycles. The van der Waals surface area contributed by atoms with Gasteiger partial charge in [-0.1, -0.05) is 36.7 Å². The number of benzene rings is 2. The van der Waals surface area contributed by atoms with Crippen LogP contribution in [0.5, 0.6) is 17.2 Å². The summed E-state index contributed by atoms with van der Waals surface area (Å²) in [5.41, 5.74) is -2.15. The summed E-state index contributed by atoms with van der Waals surface area (Å²) in [6.45, 7) is 1.58. The number of carboxylic acid groups (broad SMARTS) is 1. The van der Waals surface area contributed by atoms with Crippen molar-refractivity contribution in [3.05, 3.63) is 75.7 Å². The van der Waals surface area contributed by atoms with E-state index < -0.39 is 53.1 Å². The number of esters is 1. The first kappa shape index (κ1) is 29.7. The van der Waals surface area contributed by atoms with E-state index in [1.54, 1.807) is 25.1 Å². The number of aliphatic hydroxyl groups excluding tert-OH is 1. The van der Waals surface area contributed by atoms with Gasteiger partial charge in [-0.3, -0.25) is 14.4 Å². The number of ketones is 2. The molecule has 1 aromatic heterocycles. The number of fused-ring (bicyclic) bond motifs is 1. The topological polar surface area (TPSA) is 159 Å². The summed E-state index contributed by atoms with van der Waals surface area (Å²) < 4.78 is 27.8. The zero-order valence-electron chi connectivity index (χ0n) is 23.6. The molecule has 0 saturated heterocycles. The molecule has 0 saturated carbocycles. The molecule has 1 unspecified atom stereocenters. The second kappa shape index (κ2) is 11.1. The number of ether oxygens (including phenoxy) is 4. The van der Waals surface area contributed by atoms with E-state index in [1.807, 2.05) is 0 Å². The maximum absolute atomic E-state index is 14.1. The quantitative estimate of drug-likeness (QED) is 0.315. The van der Waals surface area contributed by atoms with Crippen LogP contribution in [-0.4, -0.2) is 60.6 Å². The highest BCUT2D eigenvalue weighted by atomic mass is 35.5. The Morgan fingerprint density at radius 2 is 1.79 bits per heavy atom. The predicted octanol–water partition coefficient (Wildman–Crippen LogP) is 5.40. The Bertz CT molecular complexity index is 1700. The van der Waals surface area contributed by atoms with Crippen LogP contribution in [0.25, 0.3) is 11.3 Å². The summed E-state index contributed by atoms with van der Waals surface area (Å²) in [6.07, 6.45) is -0.679. The van der Waals surface area contributed by atoms with E-state index in [0.29, 0.717) is 0 Å². The summed E-state index contributed by atoms with van der Waals surface area (Å²) in [6, 6.07) is 10.5. The van der Waals surface area contributed by atoms with Crippen LogP contribution < -0.4 is 14.2 Å². The SMILES string of the molecule is COC(=O)CC(C1=C(O)[C@@]2(Oc3c(Cl)c(OC)cc(OC)c3C2=O)[C@H](C)CC1=O)c1ccc(-c2ccccc2C(=O)O)o1. The standard InChI is InChI=1S/C31H27ClO11/c1-14-11-18(33)24(28(35)31(14)29(36)25-21(39-2)13-22(40-3)26(32)27(25)43-31)17(12-23(34)41-4)20-10-9-19(42-20)15-7-5-6-8-16(15)30(37)38/h5-10,13-14,17,35H,11-12H2,1-4H3,(H,37,38)/t14-,17?,31+/m1/s1. The van der Waals surface area contributed by atoms with Gasteiger partial charge in [-0.2, -0.15) is 0 Å². The molecule has 224 valence electrons. The predicted molar refractivity (Wildman–Crippen MR) is 151 cm³/mol. The zero-order chi connectivity index (χ0) is 31.2. The molecule has 0 radical (unpaired) electrons. The molecule has 43 heavy (non-hydrogen) atoms. The molecule has 3 aromatic rings. The number of rotatable bonds is 8. The fourth-order valence-corrected chi connectivity index (χ4v) is 5.97. The first-order valence-corrected chi connectivity index (χ1v) is 13.5. The molecule has 5 rings (SSSR count). The Hall–Kier alpha value is -4.77. The van der Waals surface area contributed by atoms with Gasteiger partial charge < -0.3 is 33.6 Å². The van der Waals surface area contributed by atoms with Crippen molar-refractivity contribution < 1.29 is 52.8 Å². The number of carboxylic acids is 1. The van der Waals surface area contributed by atoms with Crippen molar-refractivity contribution in [2.75, 3.05) is 21.3 Å². The molecule has 3 atom stereocenters. The summed E-state index contributed by atoms with van der Waals surface area (Å²) in [5, 5.41) is 21.5. The lowest BCUT2D eigenvalue weighted by molar-refractivity contribution is -0.141.